The highest BCUT2D eigenvalue weighted by atomic mass is 79.9. The summed E-state index contributed by atoms with van der Waals surface area (Å²) in [6, 6.07) is 5.45. The third-order valence-corrected chi connectivity index (χ3v) is 3.54. The van der Waals surface area contributed by atoms with E-state index in [-0.39, 0.29) is 11.6 Å². The van der Waals surface area contributed by atoms with Crippen molar-refractivity contribution in [3.05, 3.63) is 38.5 Å². The average molecular weight is 374 g/mol. The lowest BCUT2D eigenvalue weighted by Gasteiger charge is -2.06. The summed E-state index contributed by atoms with van der Waals surface area (Å²) in [5.74, 6) is -0.347. The standard InChI is InChI=1S/C11H10Br2N4O/c1-5-9(14)10(17-16-5)11(18)15-8-3-2-6(12)4-7(8)13/h2-4H,14H2,1H3,(H,15,18)(H,16,17). The van der Waals surface area contributed by atoms with Crippen molar-refractivity contribution in [3.63, 3.8) is 0 Å². The maximum Gasteiger partial charge on any atom is 0.278 e. The number of halogens is 2. The van der Waals surface area contributed by atoms with Gasteiger partial charge in [0.2, 0.25) is 0 Å². The number of nitrogens with two attached hydrogens (primary N) is 1. The summed E-state index contributed by atoms with van der Waals surface area (Å²) in [5.41, 5.74) is 7.64. The summed E-state index contributed by atoms with van der Waals surface area (Å²) in [6.45, 7) is 1.76. The van der Waals surface area contributed by atoms with E-state index in [0.717, 1.165) is 8.95 Å². The maximum atomic E-state index is 12.0. The number of carbonyl (C=O) groups is 1. The fourth-order valence-electron chi connectivity index (χ4n) is 1.38. The Morgan fingerprint density at radius 2 is 2.17 bits per heavy atom. The largest absolute Gasteiger partial charge is 0.395 e. The maximum absolute atomic E-state index is 12.0. The minimum absolute atomic E-state index is 0.197. The van der Waals surface area contributed by atoms with Crippen LogP contribution in [0.2, 0.25) is 0 Å². The number of aromatic nitrogens is 2. The molecule has 0 fully saturated rings. The third kappa shape index (κ3) is 2.56. The van der Waals surface area contributed by atoms with Crippen LogP contribution in [0, 0.1) is 6.92 Å². The van der Waals surface area contributed by atoms with E-state index in [2.05, 4.69) is 47.4 Å². The van der Waals surface area contributed by atoms with Gasteiger partial charge in [-0.3, -0.25) is 9.89 Å². The zero-order chi connectivity index (χ0) is 13.3. The van der Waals surface area contributed by atoms with Crippen LogP contribution in [0.1, 0.15) is 16.2 Å². The SMILES string of the molecule is Cc1[nH]nc(C(=O)Nc2ccc(Br)cc2Br)c1N. The lowest BCUT2D eigenvalue weighted by molar-refractivity contribution is 0.102. The first kappa shape index (κ1) is 13.1. The second-order valence-corrected chi connectivity index (χ2v) is 5.46. The van der Waals surface area contributed by atoms with Crippen LogP contribution in [0.5, 0.6) is 0 Å². The smallest absolute Gasteiger partial charge is 0.278 e. The fraction of sp³-hybridized carbons (Fsp3) is 0.0909. The zero-order valence-corrected chi connectivity index (χ0v) is 12.6. The highest BCUT2D eigenvalue weighted by Crippen LogP contribution is 2.27. The van der Waals surface area contributed by atoms with Gasteiger partial charge in [-0.15, -0.1) is 0 Å². The molecule has 0 saturated heterocycles. The third-order valence-electron chi connectivity index (χ3n) is 2.39. The molecule has 0 radical (unpaired) electrons. The molecule has 0 spiro atoms. The number of anilines is 2. The molecular weight excluding hydrogens is 364 g/mol. The topological polar surface area (TPSA) is 83.8 Å². The van der Waals surface area contributed by atoms with E-state index < -0.39 is 0 Å². The van der Waals surface area contributed by atoms with Crippen molar-refractivity contribution in [2.75, 3.05) is 11.1 Å². The Balaban J connectivity index is 2.24. The van der Waals surface area contributed by atoms with Crippen molar-refractivity contribution in [1.29, 1.82) is 0 Å². The fourth-order valence-corrected chi connectivity index (χ4v) is 2.53. The van der Waals surface area contributed by atoms with Crippen molar-refractivity contribution < 1.29 is 4.79 Å². The van der Waals surface area contributed by atoms with E-state index in [0.29, 0.717) is 17.1 Å². The molecule has 0 aliphatic rings. The van der Waals surface area contributed by atoms with Crippen LogP contribution in [0.4, 0.5) is 11.4 Å². The Kier molecular flexibility index (Phi) is 3.72. The monoisotopic (exact) mass is 372 g/mol. The minimum Gasteiger partial charge on any atom is -0.395 e. The quantitative estimate of drug-likeness (QED) is 0.756. The van der Waals surface area contributed by atoms with E-state index in [1.807, 2.05) is 12.1 Å². The Bertz CT molecular complexity index is 609. The number of nitrogen functional groups attached to an aromatic ring is 1. The van der Waals surface area contributed by atoms with Crippen LogP contribution in [0.25, 0.3) is 0 Å². The molecule has 0 unspecified atom stereocenters. The first-order valence-corrected chi connectivity index (χ1v) is 6.64. The highest BCUT2D eigenvalue weighted by molar-refractivity contribution is 9.11. The summed E-state index contributed by atoms with van der Waals surface area (Å²) in [7, 11) is 0. The number of hydrogen-bond donors (Lipinski definition) is 3. The number of H-pyrrole nitrogens is 1. The first-order valence-electron chi connectivity index (χ1n) is 5.06. The lowest BCUT2D eigenvalue weighted by atomic mass is 10.2. The van der Waals surface area contributed by atoms with E-state index >= 15 is 0 Å². The normalized spacial score (nSPS) is 10.4. The molecular formula is C11H10Br2N4O. The summed E-state index contributed by atoms with van der Waals surface area (Å²) < 4.78 is 1.69. The minimum atomic E-state index is -0.347. The van der Waals surface area contributed by atoms with Gasteiger partial charge in [0, 0.05) is 8.95 Å². The Morgan fingerprint density at radius 3 is 2.72 bits per heavy atom. The van der Waals surface area contributed by atoms with Gasteiger partial charge in [0.15, 0.2) is 5.69 Å². The number of nitrogens with one attached hydrogen (secondary N) is 2. The van der Waals surface area contributed by atoms with Crippen LogP contribution in [-0.2, 0) is 0 Å². The van der Waals surface area contributed by atoms with Crippen LogP contribution in [0.3, 0.4) is 0 Å². The number of aryl methyl sites for hydroxylation is 1. The van der Waals surface area contributed by atoms with Crippen molar-refractivity contribution in [2.45, 2.75) is 6.92 Å². The van der Waals surface area contributed by atoms with E-state index in [4.69, 9.17) is 5.73 Å². The number of benzene rings is 1. The van der Waals surface area contributed by atoms with Crippen molar-refractivity contribution in [3.8, 4) is 0 Å². The molecule has 1 aromatic heterocycles. The summed E-state index contributed by atoms with van der Waals surface area (Å²) in [4.78, 5) is 12.0. The van der Waals surface area contributed by atoms with Crippen LogP contribution in [0.15, 0.2) is 27.1 Å². The molecule has 1 aromatic carbocycles. The molecule has 4 N–H and O–H groups in total. The molecule has 1 amide bonds. The molecule has 0 saturated carbocycles. The van der Waals surface area contributed by atoms with E-state index in [9.17, 15) is 4.79 Å². The molecule has 5 nitrogen and oxygen atoms in total. The lowest BCUT2D eigenvalue weighted by Crippen LogP contribution is -2.14. The summed E-state index contributed by atoms with van der Waals surface area (Å²) in [5, 5.41) is 9.28. The molecule has 7 heteroatoms. The van der Waals surface area contributed by atoms with Gasteiger partial charge in [-0.1, -0.05) is 15.9 Å². The number of nitrogens with zero attached hydrogens (tertiary/aromatic N) is 1. The van der Waals surface area contributed by atoms with Gasteiger partial charge >= 0.3 is 0 Å². The van der Waals surface area contributed by atoms with Crippen molar-refractivity contribution >= 4 is 49.1 Å². The van der Waals surface area contributed by atoms with Crippen molar-refractivity contribution in [1.82, 2.24) is 10.2 Å². The second-order valence-electron chi connectivity index (χ2n) is 3.69. The van der Waals surface area contributed by atoms with Crippen LogP contribution in [-0.4, -0.2) is 16.1 Å². The molecule has 1 heterocycles. The number of carbonyl (C=O) groups excluding carboxylic acids is 1. The van der Waals surface area contributed by atoms with E-state index in [1.54, 1.807) is 13.0 Å². The Labute approximate surface area is 120 Å². The van der Waals surface area contributed by atoms with Gasteiger partial charge in [-0.05, 0) is 41.1 Å². The number of aromatic amines is 1. The first-order chi connectivity index (χ1) is 8.49. The molecule has 0 aliphatic carbocycles. The van der Waals surface area contributed by atoms with Crippen LogP contribution < -0.4 is 11.1 Å². The van der Waals surface area contributed by atoms with E-state index in [1.165, 1.54) is 0 Å². The summed E-state index contributed by atoms with van der Waals surface area (Å²) in [6.07, 6.45) is 0. The Hall–Kier alpha value is -1.34. The number of rotatable bonds is 2. The zero-order valence-electron chi connectivity index (χ0n) is 9.42. The molecule has 94 valence electrons. The molecule has 0 aliphatic heterocycles. The Morgan fingerprint density at radius 1 is 1.44 bits per heavy atom. The molecule has 0 bridgehead atoms. The van der Waals surface area contributed by atoms with Gasteiger partial charge < -0.3 is 11.1 Å². The van der Waals surface area contributed by atoms with Gasteiger partial charge in [0.25, 0.3) is 5.91 Å². The summed E-state index contributed by atoms with van der Waals surface area (Å²) >= 11 is 6.71. The van der Waals surface area contributed by atoms with Gasteiger partial charge in [-0.25, -0.2) is 0 Å². The van der Waals surface area contributed by atoms with Gasteiger partial charge in [0.05, 0.1) is 17.1 Å². The molecule has 2 rings (SSSR count). The highest BCUT2D eigenvalue weighted by Gasteiger charge is 2.16. The number of hydrogen-bond acceptors (Lipinski definition) is 3. The van der Waals surface area contributed by atoms with Gasteiger partial charge in [0.1, 0.15) is 0 Å². The molecule has 18 heavy (non-hydrogen) atoms. The second kappa shape index (κ2) is 5.11. The van der Waals surface area contributed by atoms with Gasteiger partial charge in [-0.2, -0.15) is 5.10 Å². The number of amides is 1. The molecule has 0 atom stereocenters. The molecule has 2 aromatic rings. The predicted octanol–water partition coefficient (Wildman–Crippen LogP) is 3.08. The average Bonchev–Trinajstić information content (AvgIpc) is 2.64. The van der Waals surface area contributed by atoms with Crippen molar-refractivity contribution in [2.24, 2.45) is 0 Å². The predicted molar refractivity (Wildman–Crippen MR) is 77.5 cm³/mol. The van der Waals surface area contributed by atoms with Crippen LogP contribution >= 0.6 is 31.9 Å².